The fourth-order valence-corrected chi connectivity index (χ4v) is 5.20. The van der Waals surface area contributed by atoms with E-state index in [0.717, 1.165) is 40.0 Å². The zero-order valence-electron chi connectivity index (χ0n) is 23.2. The number of hydrogen-bond donors (Lipinski definition) is 1. The Labute approximate surface area is 240 Å². The topological polar surface area (TPSA) is 63.7 Å². The van der Waals surface area contributed by atoms with Crippen molar-refractivity contribution in [3.8, 4) is 11.5 Å². The number of hydrogen-bond acceptors (Lipinski definition) is 5. The maximum absolute atomic E-state index is 13.8. The highest BCUT2D eigenvalue weighted by Crippen LogP contribution is 2.44. The van der Waals surface area contributed by atoms with Crippen LogP contribution in [0.5, 0.6) is 11.5 Å². The van der Waals surface area contributed by atoms with Gasteiger partial charge < -0.3 is 19.7 Å². The van der Waals surface area contributed by atoms with E-state index in [1.165, 1.54) is 0 Å². The van der Waals surface area contributed by atoms with Crippen molar-refractivity contribution in [2.75, 3.05) is 17.3 Å². The van der Waals surface area contributed by atoms with Gasteiger partial charge in [0.25, 0.3) is 0 Å². The van der Waals surface area contributed by atoms with Gasteiger partial charge in [-0.1, -0.05) is 30.7 Å². The summed E-state index contributed by atoms with van der Waals surface area (Å²) in [5.41, 5.74) is 5.84. The van der Waals surface area contributed by atoms with Crippen LogP contribution in [0.4, 0.5) is 11.4 Å². The largest absolute Gasteiger partial charge is 0.493 e. The molecule has 5 rings (SSSR count). The van der Waals surface area contributed by atoms with E-state index in [-0.39, 0.29) is 30.5 Å². The average molecular weight is 556 g/mol. The first-order valence-electron chi connectivity index (χ1n) is 13.6. The van der Waals surface area contributed by atoms with Gasteiger partial charge in [-0.25, -0.2) is 0 Å². The summed E-state index contributed by atoms with van der Waals surface area (Å²) < 4.78 is 11.9. The summed E-state index contributed by atoms with van der Waals surface area (Å²) in [5.74, 6) is 1.32. The molecule has 0 saturated heterocycles. The van der Waals surface area contributed by atoms with Crippen molar-refractivity contribution in [2.45, 2.75) is 51.8 Å². The number of amides is 1. The number of halogens is 1. The number of carbonyl (C=O) groups excluding carboxylic acids is 1. The summed E-state index contributed by atoms with van der Waals surface area (Å²) in [6.07, 6.45) is 4.74. The molecule has 3 aromatic carbocycles. The van der Waals surface area contributed by atoms with Crippen LogP contribution in [0.1, 0.15) is 61.5 Å². The van der Waals surface area contributed by atoms with Crippen LogP contribution < -0.4 is 19.7 Å². The van der Waals surface area contributed by atoms with Crippen molar-refractivity contribution < 1.29 is 14.3 Å². The molecule has 6 nitrogen and oxygen atoms in total. The number of nitrogens with zero attached hydrogens (tertiary/aromatic N) is 2. The number of rotatable bonds is 9. The third-order valence-corrected chi connectivity index (χ3v) is 7.66. The third kappa shape index (κ3) is 5.77. The molecule has 0 fully saturated rings. The molecule has 1 aliphatic heterocycles. The molecule has 0 bridgehead atoms. The van der Waals surface area contributed by atoms with E-state index in [1.807, 2.05) is 84.6 Å². The number of methoxy groups -OCH3 is 1. The lowest BCUT2D eigenvalue weighted by molar-refractivity contribution is -0.118. The second kappa shape index (κ2) is 12.0. The molecule has 1 amide bonds. The molecule has 0 saturated carbocycles. The first-order valence-corrected chi connectivity index (χ1v) is 14.0. The van der Waals surface area contributed by atoms with Crippen molar-refractivity contribution >= 4 is 28.9 Å². The van der Waals surface area contributed by atoms with Crippen molar-refractivity contribution in [3.63, 3.8) is 0 Å². The number of ether oxygens (including phenoxy) is 2. The summed E-state index contributed by atoms with van der Waals surface area (Å²) in [6, 6.07) is 23.4. The predicted molar refractivity (Wildman–Crippen MR) is 161 cm³/mol. The second-order valence-corrected chi connectivity index (χ2v) is 10.6. The molecular weight excluding hydrogens is 522 g/mol. The SMILES string of the molecule is CC[C@@H](C)Oc1cc2c(cc1OC)CC(=O)N(c1ccc(NC(C)c3ccncc3)cc1)C2c1ccc(Cl)cc1. The Morgan fingerprint density at radius 2 is 1.70 bits per heavy atom. The van der Waals surface area contributed by atoms with Gasteiger partial charge in [-0.05, 0) is 103 Å². The number of pyridine rings is 1. The van der Waals surface area contributed by atoms with Gasteiger partial charge in [0.15, 0.2) is 11.5 Å². The highest BCUT2D eigenvalue weighted by molar-refractivity contribution is 6.30. The number of anilines is 2. The van der Waals surface area contributed by atoms with Crippen molar-refractivity contribution in [1.82, 2.24) is 4.98 Å². The summed E-state index contributed by atoms with van der Waals surface area (Å²) >= 11 is 6.25. The van der Waals surface area contributed by atoms with Crippen molar-refractivity contribution in [2.24, 2.45) is 0 Å². The third-order valence-electron chi connectivity index (χ3n) is 7.41. The van der Waals surface area contributed by atoms with Crippen LogP contribution in [0.15, 0.2) is 85.2 Å². The maximum Gasteiger partial charge on any atom is 0.232 e. The van der Waals surface area contributed by atoms with E-state index < -0.39 is 0 Å². The summed E-state index contributed by atoms with van der Waals surface area (Å²) in [7, 11) is 1.63. The molecule has 1 aromatic heterocycles. The zero-order valence-corrected chi connectivity index (χ0v) is 24.0. The van der Waals surface area contributed by atoms with Gasteiger partial charge in [-0.2, -0.15) is 0 Å². The fourth-order valence-electron chi connectivity index (χ4n) is 5.08. The summed E-state index contributed by atoms with van der Waals surface area (Å²) in [5, 5.41) is 4.18. The Morgan fingerprint density at radius 1 is 1.00 bits per heavy atom. The van der Waals surface area contributed by atoms with Gasteiger partial charge in [-0.3, -0.25) is 9.78 Å². The van der Waals surface area contributed by atoms with Crippen LogP contribution in [0.25, 0.3) is 0 Å². The molecule has 2 heterocycles. The lowest BCUT2D eigenvalue weighted by Gasteiger charge is -2.38. The molecule has 2 unspecified atom stereocenters. The predicted octanol–water partition coefficient (Wildman–Crippen LogP) is 7.77. The number of benzene rings is 3. The number of aromatic nitrogens is 1. The fraction of sp³-hybridized carbons (Fsp3) is 0.273. The van der Waals surface area contributed by atoms with E-state index in [9.17, 15) is 4.79 Å². The average Bonchev–Trinajstić information content (AvgIpc) is 2.97. The highest BCUT2D eigenvalue weighted by atomic mass is 35.5. The van der Waals surface area contributed by atoms with E-state index in [0.29, 0.717) is 16.5 Å². The number of fused-ring (bicyclic) bond motifs is 1. The minimum absolute atomic E-state index is 0.0101. The quantitative estimate of drug-likeness (QED) is 0.228. The van der Waals surface area contributed by atoms with E-state index >= 15 is 0 Å². The van der Waals surface area contributed by atoms with E-state index in [1.54, 1.807) is 19.5 Å². The molecule has 4 aromatic rings. The molecule has 0 aliphatic carbocycles. The van der Waals surface area contributed by atoms with Crippen molar-refractivity contribution in [1.29, 1.82) is 0 Å². The maximum atomic E-state index is 13.8. The molecular formula is C33H34ClN3O3. The van der Waals surface area contributed by atoms with Gasteiger partial charge in [0.1, 0.15) is 0 Å². The molecule has 1 N–H and O–H groups in total. The van der Waals surface area contributed by atoms with Crippen LogP contribution in [0.2, 0.25) is 5.02 Å². The molecule has 206 valence electrons. The Morgan fingerprint density at radius 3 is 2.35 bits per heavy atom. The van der Waals surface area contributed by atoms with Gasteiger partial charge in [0, 0.05) is 34.8 Å². The van der Waals surface area contributed by atoms with Crippen LogP contribution in [0.3, 0.4) is 0 Å². The second-order valence-electron chi connectivity index (χ2n) is 10.1. The summed E-state index contributed by atoms with van der Waals surface area (Å²) in [6.45, 7) is 6.23. The lowest BCUT2D eigenvalue weighted by Crippen LogP contribution is -2.41. The number of nitrogens with one attached hydrogen (secondary N) is 1. The molecule has 0 spiro atoms. The molecule has 7 heteroatoms. The minimum atomic E-state index is -0.353. The Bertz CT molecular complexity index is 1460. The van der Waals surface area contributed by atoms with E-state index in [2.05, 4.69) is 24.1 Å². The first kappa shape index (κ1) is 27.5. The highest BCUT2D eigenvalue weighted by Gasteiger charge is 2.36. The lowest BCUT2D eigenvalue weighted by atomic mass is 9.86. The molecule has 3 atom stereocenters. The summed E-state index contributed by atoms with van der Waals surface area (Å²) in [4.78, 5) is 19.8. The Balaban J connectivity index is 1.53. The van der Waals surface area contributed by atoms with Crippen LogP contribution in [-0.2, 0) is 11.2 Å². The Hall–Kier alpha value is -4.03. The van der Waals surface area contributed by atoms with Gasteiger partial charge in [-0.15, -0.1) is 0 Å². The zero-order chi connectivity index (χ0) is 28.2. The van der Waals surface area contributed by atoms with Gasteiger partial charge >= 0.3 is 0 Å². The van der Waals surface area contributed by atoms with Gasteiger partial charge in [0.05, 0.1) is 25.7 Å². The smallest absolute Gasteiger partial charge is 0.232 e. The molecule has 1 aliphatic rings. The van der Waals surface area contributed by atoms with Gasteiger partial charge in [0.2, 0.25) is 5.91 Å². The monoisotopic (exact) mass is 555 g/mol. The van der Waals surface area contributed by atoms with Crippen LogP contribution >= 0.6 is 11.6 Å². The van der Waals surface area contributed by atoms with Crippen molar-refractivity contribution in [3.05, 3.63) is 112 Å². The first-order chi connectivity index (χ1) is 19.4. The Kier molecular flexibility index (Phi) is 8.27. The molecule has 0 radical (unpaired) electrons. The van der Waals surface area contributed by atoms with E-state index in [4.69, 9.17) is 21.1 Å². The van der Waals surface area contributed by atoms with Crippen LogP contribution in [0, 0.1) is 0 Å². The normalized spacial score (nSPS) is 16.2. The van der Waals surface area contributed by atoms with Crippen LogP contribution in [-0.4, -0.2) is 24.1 Å². The molecule has 40 heavy (non-hydrogen) atoms. The minimum Gasteiger partial charge on any atom is -0.493 e. The number of carbonyl (C=O) groups is 1. The standard InChI is InChI=1S/C33H34ClN3O3/c1-5-21(2)40-31-20-29-25(18-30(31)39-4)19-32(38)37(33(29)24-6-8-26(34)9-7-24)28-12-10-27(11-13-28)36-22(3)23-14-16-35-17-15-23/h6-18,20-22,33,36H,5,19H2,1-4H3/t21-,22?,33?/m1/s1.